The van der Waals surface area contributed by atoms with Crippen molar-refractivity contribution in [1.82, 2.24) is 10.2 Å². The largest absolute Gasteiger partial charge is 0.325 e. The molecule has 1 aliphatic heterocycles. The van der Waals surface area contributed by atoms with Crippen LogP contribution in [0, 0.1) is 11.3 Å². The van der Waals surface area contributed by atoms with Crippen molar-refractivity contribution in [3.8, 4) is 6.07 Å². The summed E-state index contributed by atoms with van der Waals surface area (Å²) in [5, 5.41) is 11.5. The zero-order chi connectivity index (χ0) is 15.5. The van der Waals surface area contributed by atoms with E-state index in [1.54, 1.807) is 24.3 Å². The minimum atomic E-state index is -0.632. The highest BCUT2D eigenvalue weighted by Gasteiger charge is 2.38. The first-order valence-electron chi connectivity index (χ1n) is 6.85. The van der Waals surface area contributed by atoms with Gasteiger partial charge in [-0.3, -0.25) is 9.69 Å². The normalized spacial score (nSPS) is 17.2. The number of urea groups is 1. The Balaban J connectivity index is 1.78. The third kappa shape index (κ3) is 2.54. The number of carbonyl (C=O) groups excluding carboxylic acids is 2. The third-order valence-electron chi connectivity index (χ3n) is 3.58. The molecule has 5 heteroatoms. The lowest BCUT2D eigenvalue weighted by atomic mass is 10.1. The molecule has 0 spiro atoms. The molecule has 108 valence electrons. The van der Waals surface area contributed by atoms with Crippen molar-refractivity contribution in [3.63, 3.8) is 0 Å². The van der Waals surface area contributed by atoms with Gasteiger partial charge in [-0.25, -0.2) is 4.79 Å². The van der Waals surface area contributed by atoms with Crippen LogP contribution in [-0.4, -0.2) is 16.8 Å². The Morgan fingerprint density at radius 2 is 1.73 bits per heavy atom. The van der Waals surface area contributed by atoms with E-state index >= 15 is 0 Å². The van der Waals surface area contributed by atoms with Crippen LogP contribution in [0.15, 0.2) is 54.6 Å². The van der Waals surface area contributed by atoms with Crippen molar-refractivity contribution >= 4 is 11.9 Å². The summed E-state index contributed by atoms with van der Waals surface area (Å²) in [5.74, 6) is -0.263. The van der Waals surface area contributed by atoms with E-state index in [1.165, 1.54) is 4.90 Å². The van der Waals surface area contributed by atoms with Gasteiger partial charge in [-0.1, -0.05) is 42.5 Å². The Bertz CT molecular complexity index is 748. The zero-order valence-corrected chi connectivity index (χ0v) is 11.7. The SMILES string of the molecule is N#Cc1ccc(CN2C(=O)NC(c3ccccc3)C2=O)cc1. The Morgan fingerprint density at radius 3 is 2.36 bits per heavy atom. The predicted octanol–water partition coefficient (Wildman–Crippen LogP) is 2.35. The molecule has 1 atom stereocenters. The first kappa shape index (κ1) is 13.8. The van der Waals surface area contributed by atoms with Crippen LogP contribution in [0.5, 0.6) is 0 Å². The Morgan fingerprint density at radius 1 is 1.05 bits per heavy atom. The predicted molar refractivity (Wildman–Crippen MR) is 79.4 cm³/mol. The molecule has 1 heterocycles. The van der Waals surface area contributed by atoms with E-state index in [-0.39, 0.29) is 12.5 Å². The number of hydrogen-bond donors (Lipinski definition) is 1. The van der Waals surface area contributed by atoms with Crippen molar-refractivity contribution in [2.75, 3.05) is 0 Å². The highest BCUT2D eigenvalue weighted by molar-refractivity contribution is 6.04. The average Bonchev–Trinajstić information content (AvgIpc) is 2.84. The van der Waals surface area contributed by atoms with Crippen LogP contribution in [0.1, 0.15) is 22.7 Å². The molecule has 2 aromatic rings. The second kappa shape index (κ2) is 5.70. The van der Waals surface area contributed by atoms with Gasteiger partial charge in [-0.15, -0.1) is 0 Å². The molecule has 2 aromatic carbocycles. The number of imide groups is 1. The van der Waals surface area contributed by atoms with Crippen molar-refractivity contribution in [2.45, 2.75) is 12.6 Å². The number of benzene rings is 2. The van der Waals surface area contributed by atoms with Gasteiger partial charge in [0.25, 0.3) is 5.91 Å². The van der Waals surface area contributed by atoms with E-state index in [4.69, 9.17) is 5.26 Å². The first-order valence-corrected chi connectivity index (χ1v) is 6.85. The standard InChI is InChI=1S/C17H13N3O2/c18-10-12-6-8-13(9-7-12)11-20-16(21)15(19-17(20)22)14-4-2-1-3-5-14/h1-9,15H,11H2,(H,19,22). The maximum Gasteiger partial charge on any atom is 0.325 e. The van der Waals surface area contributed by atoms with Crippen molar-refractivity contribution in [3.05, 3.63) is 71.3 Å². The summed E-state index contributed by atoms with van der Waals surface area (Å²) in [5.41, 5.74) is 2.11. The van der Waals surface area contributed by atoms with E-state index in [1.807, 2.05) is 36.4 Å². The van der Waals surface area contributed by atoms with Crippen LogP contribution >= 0.6 is 0 Å². The number of nitrogens with one attached hydrogen (secondary N) is 1. The Kier molecular flexibility index (Phi) is 3.58. The summed E-state index contributed by atoms with van der Waals surface area (Å²) in [4.78, 5) is 25.7. The molecule has 1 fully saturated rings. The molecule has 1 unspecified atom stereocenters. The molecule has 0 bridgehead atoms. The average molecular weight is 291 g/mol. The molecule has 1 N–H and O–H groups in total. The molecule has 1 aliphatic rings. The van der Waals surface area contributed by atoms with E-state index in [0.717, 1.165) is 11.1 Å². The minimum absolute atomic E-state index is 0.194. The van der Waals surface area contributed by atoms with Gasteiger partial charge in [0, 0.05) is 0 Å². The highest BCUT2D eigenvalue weighted by Crippen LogP contribution is 2.23. The summed E-state index contributed by atoms with van der Waals surface area (Å²) >= 11 is 0. The molecule has 3 amide bonds. The smallest absolute Gasteiger partial charge is 0.322 e. The maximum absolute atomic E-state index is 12.4. The van der Waals surface area contributed by atoms with Crippen molar-refractivity contribution in [2.24, 2.45) is 0 Å². The molecule has 1 saturated heterocycles. The van der Waals surface area contributed by atoms with Crippen LogP contribution in [0.4, 0.5) is 4.79 Å². The van der Waals surface area contributed by atoms with E-state index in [2.05, 4.69) is 5.32 Å². The number of carbonyl (C=O) groups is 2. The van der Waals surface area contributed by atoms with Crippen molar-refractivity contribution in [1.29, 1.82) is 5.26 Å². The van der Waals surface area contributed by atoms with Gasteiger partial charge in [0.15, 0.2) is 0 Å². The van der Waals surface area contributed by atoms with Gasteiger partial charge < -0.3 is 5.32 Å². The van der Waals surface area contributed by atoms with Crippen LogP contribution < -0.4 is 5.32 Å². The summed E-state index contributed by atoms with van der Waals surface area (Å²) in [6.07, 6.45) is 0. The van der Waals surface area contributed by atoms with Gasteiger partial charge in [0.1, 0.15) is 6.04 Å². The lowest BCUT2D eigenvalue weighted by Gasteiger charge is -2.13. The number of rotatable bonds is 3. The van der Waals surface area contributed by atoms with Gasteiger partial charge >= 0.3 is 6.03 Å². The van der Waals surface area contributed by atoms with Gasteiger partial charge in [-0.05, 0) is 23.3 Å². The fourth-order valence-electron chi connectivity index (χ4n) is 2.41. The second-order valence-electron chi connectivity index (χ2n) is 5.03. The van der Waals surface area contributed by atoms with Crippen LogP contribution in [0.3, 0.4) is 0 Å². The van der Waals surface area contributed by atoms with E-state index in [0.29, 0.717) is 5.56 Å². The monoisotopic (exact) mass is 291 g/mol. The molecule has 22 heavy (non-hydrogen) atoms. The summed E-state index contributed by atoms with van der Waals surface area (Å²) in [6.45, 7) is 0.194. The lowest BCUT2D eigenvalue weighted by Crippen LogP contribution is -2.30. The quantitative estimate of drug-likeness (QED) is 0.882. The van der Waals surface area contributed by atoms with E-state index in [9.17, 15) is 9.59 Å². The maximum atomic E-state index is 12.4. The molecule has 0 radical (unpaired) electrons. The lowest BCUT2D eigenvalue weighted by molar-refractivity contribution is -0.128. The highest BCUT2D eigenvalue weighted by atomic mass is 16.2. The van der Waals surface area contributed by atoms with Crippen LogP contribution in [0.25, 0.3) is 0 Å². The molecular formula is C17H13N3O2. The molecule has 0 aliphatic carbocycles. The molecular weight excluding hydrogens is 278 g/mol. The van der Waals surface area contributed by atoms with Crippen molar-refractivity contribution < 1.29 is 9.59 Å². The molecule has 3 rings (SSSR count). The first-order chi connectivity index (χ1) is 10.7. The zero-order valence-electron chi connectivity index (χ0n) is 11.7. The fourth-order valence-corrected chi connectivity index (χ4v) is 2.41. The summed E-state index contributed by atoms with van der Waals surface area (Å²) < 4.78 is 0. The minimum Gasteiger partial charge on any atom is -0.322 e. The second-order valence-corrected chi connectivity index (χ2v) is 5.03. The number of amides is 3. The van der Waals surface area contributed by atoms with Crippen LogP contribution in [-0.2, 0) is 11.3 Å². The van der Waals surface area contributed by atoms with Gasteiger partial charge in [0.05, 0.1) is 18.2 Å². The number of hydrogen-bond acceptors (Lipinski definition) is 3. The van der Waals surface area contributed by atoms with E-state index < -0.39 is 12.1 Å². The van der Waals surface area contributed by atoms with Gasteiger partial charge in [0.2, 0.25) is 0 Å². The number of nitrogens with zero attached hydrogens (tertiary/aromatic N) is 2. The number of nitriles is 1. The molecule has 0 aromatic heterocycles. The fraction of sp³-hybridized carbons (Fsp3) is 0.118. The molecule has 5 nitrogen and oxygen atoms in total. The Labute approximate surface area is 127 Å². The van der Waals surface area contributed by atoms with Crippen LogP contribution in [0.2, 0.25) is 0 Å². The summed E-state index contributed by atoms with van der Waals surface area (Å²) in [7, 11) is 0. The molecule has 0 saturated carbocycles. The summed E-state index contributed by atoms with van der Waals surface area (Å²) in [6, 6.07) is 17.0. The third-order valence-corrected chi connectivity index (χ3v) is 3.58. The topological polar surface area (TPSA) is 73.2 Å². The Hall–Kier alpha value is -3.13. The van der Waals surface area contributed by atoms with Gasteiger partial charge in [-0.2, -0.15) is 5.26 Å².